The lowest BCUT2D eigenvalue weighted by molar-refractivity contribution is 1.25. The van der Waals surface area contributed by atoms with Crippen molar-refractivity contribution >= 4 is 31.3 Å². The average molecular weight is 196 g/mol. The highest BCUT2D eigenvalue weighted by atomic mass is 32.1. The van der Waals surface area contributed by atoms with E-state index in [0.29, 0.717) is 0 Å². The van der Waals surface area contributed by atoms with Crippen LogP contribution in [0.15, 0.2) is 28.0 Å². The fourth-order valence-electron chi connectivity index (χ4n) is 1.14. The van der Waals surface area contributed by atoms with Gasteiger partial charge in [0.05, 0.1) is 0 Å². The summed E-state index contributed by atoms with van der Waals surface area (Å²) in [6.45, 7) is 4.07. The lowest BCUT2D eigenvalue weighted by Crippen LogP contribution is -1.83. The Labute approximate surface area is 84.5 Å². The molecule has 0 aliphatic heterocycles. The maximum Gasteiger partial charge on any atom is 0.0126 e. The molecule has 0 aliphatic carbocycles. The molecule has 0 fully saturated rings. The number of rotatable bonds is 1. The molecule has 0 saturated carbocycles. The van der Waals surface area contributed by atoms with Gasteiger partial charge in [-0.15, -0.1) is 25.3 Å². The van der Waals surface area contributed by atoms with Crippen molar-refractivity contribution in [3.8, 4) is 0 Å². The molecule has 0 spiro atoms. The van der Waals surface area contributed by atoms with Gasteiger partial charge in [-0.25, -0.2) is 0 Å². The summed E-state index contributed by atoms with van der Waals surface area (Å²) in [4.78, 5) is 1.95. The second kappa shape index (κ2) is 4.06. The van der Waals surface area contributed by atoms with Crippen LogP contribution in [0.5, 0.6) is 0 Å². The number of hydrogen-bond acceptors (Lipinski definition) is 2. The topological polar surface area (TPSA) is 0 Å². The van der Waals surface area contributed by atoms with Crippen molar-refractivity contribution in [1.29, 1.82) is 0 Å². The summed E-state index contributed by atoms with van der Waals surface area (Å²) in [6.07, 6.45) is 4.07. The van der Waals surface area contributed by atoms with Gasteiger partial charge in [0.2, 0.25) is 0 Å². The van der Waals surface area contributed by atoms with Crippen LogP contribution in [-0.4, -0.2) is 0 Å². The van der Waals surface area contributed by atoms with Crippen molar-refractivity contribution in [2.45, 2.75) is 23.6 Å². The minimum absolute atomic E-state index is 0.964. The van der Waals surface area contributed by atoms with E-state index in [4.69, 9.17) is 0 Å². The first-order valence-electron chi connectivity index (χ1n) is 3.80. The summed E-state index contributed by atoms with van der Waals surface area (Å²) >= 11 is 8.64. The van der Waals surface area contributed by atoms with Gasteiger partial charge in [0.25, 0.3) is 0 Å². The summed E-state index contributed by atoms with van der Waals surface area (Å²) in [5, 5.41) is 0. The molecule has 0 saturated heterocycles. The third kappa shape index (κ3) is 2.08. The van der Waals surface area contributed by atoms with Gasteiger partial charge in [-0.05, 0) is 37.1 Å². The van der Waals surface area contributed by atoms with Crippen LogP contribution in [0.2, 0.25) is 0 Å². The maximum absolute atomic E-state index is 4.37. The Morgan fingerprint density at radius 1 is 1.25 bits per heavy atom. The van der Waals surface area contributed by atoms with E-state index in [2.05, 4.69) is 38.3 Å². The van der Waals surface area contributed by atoms with Crippen LogP contribution >= 0.6 is 25.3 Å². The standard InChI is InChI=1S/C10H12S2/c1-3-4-9-7(2)5-8(11)6-10(9)12/h3-6,11-12H,1-2H3/b4-3+. The van der Waals surface area contributed by atoms with Crippen molar-refractivity contribution in [2.24, 2.45) is 0 Å². The molecule has 0 unspecified atom stereocenters. The van der Waals surface area contributed by atoms with Crippen LogP contribution < -0.4 is 0 Å². The van der Waals surface area contributed by atoms with Crippen molar-refractivity contribution < 1.29 is 0 Å². The minimum Gasteiger partial charge on any atom is -0.143 e. The van der Waals surface area contributed by atoms with Crippen LogP contribution in [0.3, 0.4) is 0 Å². The first-order chi connectivity index (χ1) is 5.65. The second-order valence-electron chi connectivity index (χ2n) is 2.70. The Kier molecular flexibility index (Phi) is 3.29. The first kappa shape index (κ1) is 9.75. The summed E-state index contributed by atoms with van der Waals surface area (Å²) in [5.41, 5.74) is 2.39. The zero-order valence-electron chi connectivity index (χ0n) is 7.20. The van der Waals surface area contributed by atoms with Crippen LogP contribution in [0.1, 0.15) is 18.1 Å². The van der Waals surface area contributed by atoms with Crippen molar-refractivity contribution in [1.82, 2.24) is 0 Å². The van der Waals surface area contributed by atoms with Crippen LogP contribution in [0.4, 0.5) is 0 Å². The molecule has 0 aromatic heterocycles. The molecule has 0 amide bonds. The van der Waals surface area contributed by atoms with E-state index in [1.807, 2.05) is 25.1 Å². The van der Waals surface area contributed by atoms with Crippen LogP contribution in [0, 0.1) is 6.92 Å². The molecule has 64 valence electrons. The normalized spacial score (nSPS) is 11.0. The van der Waals surface area contributed by atoms with Gasteiger partial charge in [0.15, 0.2) is 0 Å². The van der Waals surface area contributed by atoms with Gasteiger partial charge in [-0.3, -0.25) is 0 Å². The number of benzene rings is 1. The van der Waals surface area contributed by atoms with Gasteiger partial charge in [-0.1, -0.05) is 12.2 Å². The van der Waals surface area contributed by atoms with E-state index in [1.165, 1.54) is 11.1 Å². The Hall–Kier alpha value is -0.340. The van der Waals surface area contributed by atoms with Crippen molar-refractivity contribution in [3.05, 3.63) is 29.3 Å². The van der Waals surface area contributed by atoms with E-state index in [0.717, 1.165) is 9.79 Å². The largest absolute Gasteiger partial charge is 0.143 e. The summed E-state index contributed by atoms with van der Waals surface area (Å²) < 4.78 is 0. The Morgan fingerprint density at radius 3 is 2.42 bits per heavy atom. The lowest BCUT2D eigenvalue weighted by atomic mass is 10.1. The fraction of sp³-hybridized carbons (Fsp3) is 0.200. The monoisotopic (exact) mass is 196 g/mol. The summed E-state index contributed by atoms with van der Waals surface area (Å²) in [6, 6.07) is 3.99. The highest BCUT2D eigenvalue weighted by Gasteiger charge is 1.99. The van der Waals surface area contributed by atoms with Crippen molar-refractivity contribution in [3.63, 3.8) is 0 Å². The Balaban J connectivity index is 3.28. The molecule has 2 heteroatoms. The molecule has 0 N–H and O–H groups in total. The second-order valence-corrected chi connectivity index (χ2v) is 3.69. The zero-order chi connectivity index (χ0) is 9.14. The highest BCUT2D eigenvalue weighted by molar-refractivity contribution is 7.81. The van der Waals surface area contributed by atoms with E-state index < -0.39 is 0 Å². The number of allylic oxidation sites excluding steroid dienone is 1. The third-order valence-electron chi connectivity index (χ3n) is 1.68. The molecule has 0 aliphatic rings. The number of aryl methyl sites for hydroxylation is 1. The van der Waals surface area contributed by atoms with Gasteiger partial charge in [-0.2, -0.15) is 0 Å². The quantitative estimate of drug-likeness (QED) is 0.630. The van der Waals surface area contributed by atoms with Gasteiger partial charge < -0.3 is 0 Å². The zero-order valence-corrected chi connectivity index (χ0v) is 8.99. The molecule has 0 bridgehead atoms. The predicted molar refractivity (Wildman–Crippen MR) is 60.4 cm³/mol. The Morgan fingerprint density at radius 2 is 1.92 bits per heavy atom. The van der Waals surface area contributed by atoms with Crippen LogP contribution in [0.25, 0.3) is 6.08 Å². The SMILES string of the molecule is C/C=C/c1c(C)cc(S)cc1S. The lowest BCUT2D eigenvalue weighted by Gasteiger charge is -2.05. The maximum atomic E-state index is 4.37. The molecule has 0 radical (unpaired) electrons. The molecule has 0 atom stereocenters. The fourth-order valence-corrected chi connectivity index (χ4v) is 1.96. The van der Waals surface area contributed by atoms with Gasteiger partial charge in [0.1, 0.15) is 0 Å². The number of thiol groups is 2. The average Bonchev–Trinajstić information content (AvgIpc) is 1.96. The molecule has 0 heterocycles. The molecular weight excluding hydrogens is 184 g/mol. The summed E-state index contributed by atoms with van der Waals surface area (Å²) in [5.74, 6) is 0. The molecule has 0 nitrogen and oxygen atoms in total. The molecule has 1 rings (SSSR count). The molecule has 1 aromatic rings. The highest BCUT2D eigenvalue weighted by Crippen LogP contribution is 2.23. The molecular formula is C10H12S2. The predicted octanol–water partition coefficient (Wildman–Crippen LogP) is 3.61. The number of hydrogen-bond donors (Lipinski definition) is 2. The molecule has 12 heavy (non-hydrogen) atoms. The molecule has 1 aromatic carbocycles. The van der Waals surface area contributed by atoms with E-state index in [-0.39, 0.29) is 0 Å². The minimum atomic E-state index is 0.964. The van der Waals surface area contributed by atoms with Gasteiger partial charge in [0, 0.05) is 9.79 Å². The summed E-state index contributed by atoms with van der Waals surface area (Å²) in [7, 11) is 0. The first-order valence-corrected chi connectivity index (χ1v) is 4.70. The van der Waals surface area contributed by atoms with E-state index in [1.54, 1.807) is 0 Å². The van der Waals surface area contributed by atoms with E-state index >= 15 is 0 Å². The van der Waals surface area contributed by atoms with E-state index in [9.17, 15) is 0 Å². The smallest absolute Gasteiger partial charge is 0.0126 e. The third-order valence-corrected chi connectivity index (χ3v) is 2.31. The Bertz CT molecular complexity index is 291. The van der Waals surface area contributed by atoms with Crippen molar-refractivity contribution in [2.75, 3.05) is 0 Å². The van der Waals surface area contributed by atoms with Gasteiger partial charge >= 0.3 is 0 Å². The van der Waals surface area contributed by atoms with Crippen LogP contribution in [-0.2, 0) is 0 Å².